The Morgan fingerprint density at radius 3 is 2.58 bits per heavy atom. The average molecular weight is 261 g/mol. The summed E-state index contributed by atoms with van der Waals surface area (Å²) in [6, 6.07) is 6.65. The summed E-state index contributed by atoms with van der Waals surface area (Å²) in [5.74, 6) is 0.719. The zero-order valence-electron chi connectivity index (χ0n) is 12.1. The van der Waals surface area contributed by atoms with Crippen LogP contribution in [0.25, 0.3) is 0 Å². The first-order valence-electron chi connectivity index (χ1n) is 6.92. The molecule has 1 amide bonds. The Balaban J connectivity index is 1.95. The molecule has 0 unspecified atom stereocenters. The van der Waals surface area contributed by atoms with Crippen molar-refractivity contribution in [2.24, 2.45) is 5.92 Å². The van der Waals surface area contributed by atoms with E-state index in [-0.39, 0.29) is 5.91 Å². The Bertz CT molecular complexity index is 436. The predicted octanol–water partition coefficient (Wildman–Crippen LogP) is 2.34. The van der Waals surface area contributed by atoms with E-state index in [1.165, 1.54) is 16.7 Å². The van der Waals surface area contributed by atoms with Crippen LogP contribution in [0.3, 0.4) is 0 Å². The molecule has 0 bridgehead atoms. The van der Waals surface area contributed by atoms with Gasteiger partial charge in [-0.1, -0.05) is 29.3 Å². The fourth-order valence-corrected chi connectivity index (χ4v) is 2.93. The molecule has 104 valence electrons. The van der Waals surface area contributed by atoms with Crippen molar-refractivity contribution in [3.05, 3.63) is 34.9 Å². The summed E-state index contributed by atoms with van der Waals surface area (Å²) in [6.45, 7) is 6.47. The summed E-state index contributed by atoms with van der Waals surface area (Å²) in [5.41, 5.74) is 3.95. The number of methoxy groups -OCH3 is 1. The van der Waals surface area contributed by atoms with Crippen molar-refractivity contribution in [3.63, 3.8) is 0 Å². The largest absolute Gasteiger partial charge is 0.383 e. The van der Waals surface area contributed by atoms with Crippen LogP contribution in [0.1, 0.15) is 23.1 Å². The van der Waals surface area contributed by atoms with Gasteiger partial charge in [-0.15, -0.1) is 0 Å². The maximum absolute atomic E-state index is 11.9. The lowest BCUT2D eigenvalue weighted by Gasteiger charge is -2.16. The van der Waals surface area contributed by atoms with E-state index in [0.29, 0.717) is 18.9 Å². The molecule has 19 heavy (non-hydrogen) atoms. The highest BCUT2D eigenvalue weighted by atomic mass is 16.5. The summed E-state index contributed by atoms with van der Waals surface area (Å²) in [6.07, 6.45) is 1.68. The lowest BCUT2D eigenvalue weighted by atomic mass is 9.96. The van der Waals surface area contributed by atoms with E-state index >= 15 is 0 Å². The molecule has 1 aromatic carbocycles. The van der Waals surface area contributed by atoms with Gasteiger partial charge in [0.2, 0.25) is 5.91 Å². The van der Waals surface area contributed by atoms with E-state index in [0.717, 1.165) is 19.5 Å². The van der Waals surface area contributed by atoms with Gasteiger partial charge in [0.25, 0.3) is 0 Å². The zero-order valence-corrected chi connectivity index (χ0v) is 12.1. The van der Waals surface area contributed by atoms with Crippen LogP contribution in [0.5, 0.6) is 0 Å². The molecule has 0 radical (unpaired) electrons. The maximum atomic E-state index is 11.9. The quantitative estimate of drug-likeness (QED) is 0.814. The third-order valence-corrected chi connectivity index (χ3v) is 3.67. The van der Waals surface area contributed by atoms with Gasteiger partial charge in [0.05, 0.1) is 6.61 Å². The van der Waals surface area contributed by atoms with Crippen LogP contribution >= 0.6 is 0 Å². The normalized spacial score (nSPS) is 19.2. The number of ether oxygens (including phenoxy) is 1. The molecule has 1 fully saturated rings. The van der Waals surface area contributed by atoms with E-state index in [4.69, 9.17) is 4.74 Å². The first kappa shape index (κ1) is 14.1. The van der Waals surface area contributed by atoms with E-state index in [1.54, 1.807) is 7.11 Å². The van der Waals surface area contributed by atoms with Crippen LogP contribution in [0.2, 0.25) is 0 Å². The summed E-state index contributed by atoms with van der Waals surface area (Å²) in [7, 11) is 1.67. The van der Waals surface area contributed by atoms with Crippen molar-refractivity contribution in [2.75, 3.05) is 26.8 Å². The van der Waals surface area contributed by atoms with E-state index in [1.807, 2.05) is 4.90 Å². The number of nitrogens with zero attached hydrogens (tertiary/aromatic N) is 1. The number of rotatable bonds is 5. The molecule has 0 N–H and O–H groups in total. The number of amides is 1. The standard InChI is InChI=1S/C16H23NO2/c1-12-6-13(2)8-14(7-12)9-15-10-16(18)17(11-15)4-5-19-3/h6-8,15H,4-5,9-11H2,1-3H3/t15-/m1/s1. The van der Waals surface area contributed by atoms with Crippen molar-refractivity contribution in [2.45, 2.75) is 26.7 Å². The van der Waals surface area contributed by atoms with Crippen LogP contribution in [0.4, 0.5) is 0 Å². The Morgan fingerprint density at radius 1 is 1.26 bits per heavy atom. The van der Waals surface area contributed by atoms with Crippen molar-refractivity contribution >= 4 is 5.91 Å². The summed E-state index contributed by atoms with van der Waals surface area (Å²) >= 11 is 0. The van der Waals surface area contributed by atoms with Crippen LogP contribution in [-0.4, -0.2) is 37.6 Å². The molecule has 1 saturated heterocycles. The van der Waals surface area contributed by atoms with Crippen molar-refractivity contribution < 1.29 is 9.53 Å². The topological polar surface area (TPSA) is 29.5 Å². The van der Waals surface area contributed by atoms with Gasteiger partial charge in [-0.2, -0.15) is 0 Å². The summed E-state index contributed by atoms with van der Waals surface area (Å²) < 4.78 is 5.04. The van der Waals surface area contributed by atoms with Gasteiger partial charge < -0.3 is 9.64 Å². The lowest BCUT2D eigenvalue weighted by molar-refractivity contribution is -0.128. The van der Waals surface area contributed by atoms with Gasteiger partial charge in [0.1, 0.15) is 0 Å². The smallest absolute Gasteiger partial charge is 0.223 e. The molecule has 2 rings (SSSR count). The zero-order chi connectivity index (χ0) is 13.8. The van der Waals surface area contributed by atoms with Crippen molar-refractivity contribution in [1.82, 2.24) is 4.90 Å². The monoisotopic (exact) mass is 261 g/mol. The number of carbonyl (C=O) groups excluding carboxylic acids is 1. The molecule has 3 heteroatoms. The molecular weight excluding hydrogens is 238 g/mol. The molecule has 1 aliphatic rings. The Labute approximate surface area is 115 Å². The Morgan fingerprint density at radius 2 is 1.95 bits per heavy atom. The van der Waals surface area contributed by atoms with Crippen molar-refractivity contribution in [1.29, 1.82) is 0 Å². The third kappa shape index (κ3) is 3.80. The van der Waals surface area contributed by atoms with Gasteiger partial charge in [0.15, 0.2) is 0 Å². The van der Waals surface area contributed by atoms with Gasteiger partial charge in [-0.3, -0.25) is 4.79 Å². The molecule has 0 aromatic heterocycles. The number of hydrogen-bond donors (Lipinski definition) is 0. The molecule has 0 saturated carbocycles. The minimum Gasteiger partial charge on any atom is -0.383 e. The second-order valence-corrected chi connectivity index (χ2v) is 5.60. The fraction of sp³-hybridized carbons (Fsp3) is 0.562. The Hall–Kier alpha value is -1.35. The number of aryl methyl sites for hydroxylation is 2. The molecule has 1 atom stereocenters. The third-order valence-electron chi connectivity index (χ3n) is 3.67. The van der Waals surface area contributed by atoms with E-state index in [9.17, 15) is 4.79 Å². The predicted molar refractivity (Wildman–Crippen MR) is 76.2 cm³/mol. The highest BCUT2D eigenvalue weighted by Gasteiger charge is 2.29. The number of likely N-dealkylation sites (tertiary alicyclic amines) is 1. The van der Waals surface area contributed by atoms with Crippen LogP contribution < -0.4 is 0 Å². The molecular formula is C16H23NO2. The lowest BCUT2D eigenvalue weighted by Crippen LogP contribution is -2.28. The van der Waals surface area contributed by atoms with Crippen LogP contribution in [0, 0.1) is 19.8 Å². The van der Waals surface area contributed by atoms with E-state index < -0.39 is 0 Å². The van der Waals surface area contributed by atoms with Crippen molar-refractivity contribution in [3.8, 4) is 0 Å². The Kier molecular flexibility index (Phi) is 4.59. The number of carbonyl (C=O) groups is 1. The van der Waals surface area contributed by atoms with Gasteiger partial charge in [0, 0.05) is 26.6 Å². The SMILES string of the molecule is COCCN1C[C@H](Cc2cc(C)cc(C)c2)CC1=O. The summed E-state index contributed by atoms with van der Waals surface area (Å²) in [5, 5.41) is 0. The molecule has 0 spiro atoms. The fourth-order valence-electron chi connectivity index (χ4n) is 2.93. The van der Waals surface area contributed by atoms with Gasteiger partial charge in [-0.25, -0.2) is 0 Å². The first-order valence-corrected chi connectivity index (χ1v) is 6.92. The minimum atomic E-state index is 0.270. The van der Waals surface area contributed by atoms with Crippen LogP contribution in [0.15, 0.2) is 18.2 Å². The number of benzene rings is 1. The second-order valence-electron chi connectivity index (χ2n) is 5.60. The maximum Gasteiger partial charge on any atom is 0.223 e. The molecule has 1 aliphatic heterocycles. The number of hydrogen-bond acceptors (Lipinski definition) is 2. The average Bonchev–Trinajstić information content (AvgIpc) is 2.65. The van der Waals surface area contributed by atoms with E-state index in [2.05, 4.69) is 32.0 Å². The summed E-state index contributed by atoms with van der Waals surface area (Å²) in [4.78, 5) is 13.8. The molecule has 0 aliphatic carbocycles. The van der Waals surface area contributed by atoms with Crippen LogP contribution in [-0.2, 0) is 16.0 Å². The minimum absolute atomic E-state index is 0.270. The molecule has 1 aromatic rings. The molecule has 1 heterocycles. The van der Waals surface area contributed by atoms with Gasteiger partial charge >= 0.3 is 0 Å². The highest BCUT2D eigenvalue weighted by molar-refractivity contribution is 5.78. The molecule has 3 nitrogen and oxygen atoms in total. The van der Waals surface area contributed by atoms with Gasteiger partial charge in [-0.05, 0) is 31.7 Å². The highest BCUT2D eigenvalue weighted by Crippen LogP contribution is 2.22. The second kappa shape index (κ2) is 6.20. The first-order chi connectivity index (χ1) is 9.08.